The molecular weight excluding hydrogens is 507 g/mol. The van der Waals surface area contributed by atoms with E-state index in [0.29, 0.717) is 0 Å². The van der Waals surface area contributed by atoms with Gasteiger partial charge in [0.25, 0.3) is 0 Å². The standard InChI is InChI=1S/C19H23F4IN2O3/c1-18(2,3)29-17(28)26-9-8-13(14(20)15(26)16(24)27)25-10-11-6-4-5-7-12(11)19(21,22)23/h4-7,13-15,25H,8-10H2,1-3H3. The van der Waals surface area contributed by atoms with Gasteiger partial charge in [-0.2, -0.15) is 13.2 Å². The molecule has 29 heavy (non-hydrogen) atoms. The molecule has 2 rings (SSSR count). The Morgan fingerprint density at radius 3 is 2.41 bits per heavy atom. The van der Waals surface area contributed by atoms with Gasteiger partial charge in [0.1, 0.15) is 17.8 Å². The van der Waals surface area contributed by atoms with Crippen molar-refractivity contribution in [1.29, 1.82) is 0 Å². The maximum absolute atomic E-state index is 15.1. The van der Waals surface area contributed by atoms with Crippen molar-refractivity contribution < 1.29 is 31.9 Å². The average Bonchev–Trinajstić information content (AvgIpc) is 2.58. The Hall–Kier alpha value is -1.43. The fourth-order valence-electron chi connectivity index (χ4n) is 3.15. The summed E-state index contributed by atoms with van der Waals surface area (Å²) in [6.45, 7) is 4.81. The van der Waals surface area contributed by atoms with E-state index in [2.05, 4.69) is 5.32 Å². The van der Waals surface area contributed by atoms with Crippen molar-refractivity contribution >= 4 is 32.5 Å². The van der Waals surface area contributed by atoms with Crippen molar-refractivity contribution in [2.45, 2.75) is 63.8 Å². The maximum Gasteiger partial charge on any atom is 0.416 e. The minimum Gasteiger partial charge on any atom is -0.444 e. The lowest BCUT2D eigenvalue weighted by atomic mass is 9.95. The van der Waals surface area contributed by atoms with E-state index >= 15 is 4.39 Å². The number of ether oxygens (including phenoxy) is 1. The number of halogens is 5. The number of rotatable bonds is 4. The smallest absolute Gasteiger partial charge is 0.416 e. The van der Waals surface area contributed by atoms with Crippen LogP contribution in [0.2, 0.25) is 0 Å². The van der Waals surface area contributed by atoms with Crippen LogP contribution in [0.15, 0.2) is 24.3 Å². The SMILES string of the molecule is CC(C)(C)OC(=O)N1CCC(NCc2ccccc2C(F)(F)F)C(F)C1C(=O)I. The fraction of sp³-hybridized carbons (Fsp3) is 0.579. The minimum absolute atomic E-state index is 0.0147. The van der Waals surface area contributed by atoms with Crippen LogP contribution in [0.4, 0.5) is 22.4 Å². The summed E-state index contributed by atoms with van der Waals surface area (Å²) < 4.78 is 59.1. The Bertz CT molecular complexity index is 752. The van der Waals surface area contributed by atoms with Crippen LogP contribution < -0.4 is 5.32 Å². The van der Waals surface area contributed by atoms with E-state index in [-0.39, 0.29) is 25.1 Å². The van der Waals surface area contributed by atoms with Crippen LogP contribution in [-0.2, 0) is 22.3 Å². The molecule has 3 unspecified atom stereocenters. The first kappa shape index (κ1) is 23.8. The lowest BCUT2D eigenvalue weighted by Gasteiger charge is -2.41. The maximum atomic E-state index is 15.1. The second-order valence-electron chi connectivity index (χ2n) is 7.80. The summed E-state index contributed by atoms with van der Waals surface area (Å²) in [6.07, 6.45) is -6.96. The molecule has 1 aromatic carbocycles. The first-order chi connectivity index (χ1) is 13.3. The highest BCUT2D eigenvalue weighted by atomic mass is 127. The molecule has 162 valence electrons. The number of hydrogen-bond acceptors (Lipinski definition) is 4. The van der Waals surface area contributed by atoms with Crippen LogP contribution in [0.1, 0.15) is 38.3 Å². The van der Waals surface area contributed by atoms with E-state index in [9.17, 15) is 22.8 Å². The summed E-state index contributed by atoms with van der Waals surface area (Å²) >= 11 is 1.42. The number of piperidine rings is 1. The normalized spacial score (nSPS) is 23.0. The van der Waals surface area contributed by atoms with Gasteiger partial charge in [0.2, 0.25) is 3.79 Å². The van der Waals surface area contributed by atoms with Gasteiger partial charge in [-0.3, -0.25) is 9.69 Å². The van der Waals surface area contributed by atoms with Gasteiger partial charge >= 0.3 is 12.3 Å². The molecule has 0 saturated carbocycles. The first-order valence-electron chi connectivity index (χ1n) is 9.03. The largest absolute Gasteiger partial charge is 0.444 e. The second kappa shape index (κ2) is 9.15. The molecular formula is C19H23F4IN2O3. The third-order valence-corrected chi connectivity index (χ3v) is 5.08. The molecule has 0 aliphatic carbocycles. The van der Waals surface area contributed by atoms with E-state index in [1.165, 1.54) is 40.8 Å². The zero-order chi connectivity index (χ0) is 22.0. The molecule has 1 N–H and O–H groups in total. The molecule has 10 heteroatoms. The molecule has 1 heterocycles. The Balaban J connectivity index is 2.12. The van der Waals surface area contributed by atoms with Gasteiger partial charge < -0.3 is 10.1 Å². The molecule has 0 bridgehead atoms. The molecule has 1 amide bonds. The highest BCUT2D eigenvalue weighted by Crippen LogP contribution is 2.32. The third kappa shape index (κ3) is 6.27. The Kier molecular flexibility index (Phi) is 7.52. The summed E-state index contributed by atoms with van der Waals surface area (Å²) in [6, 6.07) is 2.80. The number of nitrogens with zero attached hydrogens (tertiary/aromatic N) is 1. The lowest BCUT2D eigenvalue weighted by molar-refractivity contribution is -0.138. The van der Waals surface area contributed by atoms with Crippen LogP contribution in [0.5, 0.6) is 0 Å². The van der Waals surface area contributed by atoms with Crippen molar-refractivity contribution in [1.82, 2.24) is 10.2 Å². The molecule has 1 fully saturated rings. The summed E-state index contributed by atoms with van der Waals surface area (Å²) in [7, 11) is 0. The Morgan fingerprint density at radius 1 is 1.24 bits per heavy atom. The number of carbonyl (C=O) groups is 2. The minimum atomic E-state index is -4.52. The van der Waals surface area contributed by atoms with Gasteiger partial charge in [-0.15, -0.1) is 0 Å². The second-order valence-corrected chi connectivity index (χ2v) is 8.86. The molecule has 0 spiro atoms. The first-order valence-corrected chi connectivity index (χ1v) is 10.1. The summed E-state index contributed by atoms with van der Waals surface area (Å²) in [5.41, 5.74) is -1.62. The zero-order valence-corrected chi connectivity index (χ0v) is 18.4. The van der Waals surface area contributed by atoms with Crippen molar-refractivity contribution in [2.24, 2.45) is 0 Å². The van der Waals surface area contributed by atoms with Crippen LogP contribution in [-0.4, -0.2) is 45.2 Å². The van der Waals surface area contributed by atoms with Gasteiger partial charge in [0, 0.05) is 41.7 Å². The zero-order valence-electron chi connectivity index (χ0n) is 16.2. The number of alkyl halides is 4. The Labute approximate surface area is 180 Å². The lowest BCUT2D eigenvalue weighted by Crippen LogP contribution is -2.61. The van der Waals surface area contributed by atoms with Gasteiger partial charge in [0.05, 0.1) is 5.56 Å². The monoisotopic (exact) mass is 530 g/mol. The van der Waals surface area contributed by atoms with Crippen LogP contribution >= 0.6 is 22.6 Å². The molecule has 0 aromatic heterocycles. The number of hydrogen-bond donors (Lipinski definition) is 1. The van der Waals surface area contributed by atoms with Crippen LogP contribution in [0.25, 0.3) is 0 Å². The molecule has 1 aliphatic rings. The van der Waals surface area contributed by atoms with Crippen molar-refractivity contribution in [3.8, 4) is 0 Å². The molecule has 5 nitrogen and oxygen atoms in total. The summed E-state index contributed by atoms with van der Waals surface area (Å²) in [5, 5.41) is 2.78. The van der Waals surface area contributed by atoms with Crippen molar-refractivity contribution in [3.63, 3.8) is 0 Å². The molecule has 3 atom stereocenters. The molecule has 0 radical (unpaired) electrons. The third-order valence-electron chi connectivity index (χ3n) is 4.44. The van der Waals surface area contributed by atoms with E-state index in [1.54, 1.807) is 20.8 Å². The molecule has 1 aliphatic heterocycles. The number of likely N-dealkylation sites (tertiary alicyclic amines) is 1. The predicted molar refractivity (Wildman–Crippen MR) is 107 cm³/mol. The highest BCUT2D eigenvalue weighted by Gasteiger charge is 2.45. The topological polar surface area (TPSA) is 58.6 Å². The number of amides is 1. The van der Waals surface area contributed by atoms with E-state index in [0.717, 1.165) is 11.0 Å². The highest BCUT2D eigenvalue weighted by molar-refractivity contribution is 14.1. The van der Waals surface area contributed by atoms with Crippen molar-refractivity contribution in [3.05, 3.63) is 35.4 Å². The van der Waals surface area contributed by atoms with Gasteiger partial charge in [-0.05, 0) is 38.8 Å². The fourth-order valence-corrected chi connectivity index (χ4v) is 3.83. The number of nitrogens with one attached hydrogen (secondary N) is 1. The molecule has 1 aromatic rings. The Morgan fingerprint density at radius 2 is 1.86 bits per heavy atom. The van der Waals surface area contributed by atoms with E-state index < -0.39 is 45.5 Å². The quantitative estimate of drug-likeness (QED) is 0.355. The predicted octanol–water partition coefficient (Wildman–Crippen LogP) is 4.47. The average molecular weight is 530 g/mol. The molecule has 1 saturated heterocycles. The number of benzene rings is 1. The van der Waals surface area contributed by atoms with Gasteiger partial charge in [0.15, 0.2) is 0 Å². The van der Waals surface area contributed by atoms with Crippen LogP contribution in [0, 0.1) is 0 Å². The van der Waals surface area contributed by atoms with Crippen molar-refractivity contribution in [2.75, 3.05) is 6.54 Å². The summed E-state index contributed by atoms with van der Waals surface area (Å²) in [5.74, 6) is 0. The summed E-state index contributed by atoms with van der Waals surface area (Å²) in [4.78, 5) is 25.4. The van der Waals surface area contributed by atoms with E-state index in [4.69, 9.17) is 4.74 Å². The van der Waals surface area contributed by atoms with Gasteiger partial charge in [-0.25, -0.2) is 9.18 Å². The number of carbonyl (C=O) groups excluding carboxylic acids is 2. The van der Waals surface area contributed by atoms with E-state index in [1.807, 2.05) is 0 Å². The van der Waals surface area contributed by atoms with Gasteiger partial charge in [-0.1, -0.05) is 18.2 Å². The van der Waals surface area contributed by atoms with Crippen LogP contribution in [0.3, 0.4) is 0 Å².